The average molecular weight is 284 g/mol. The molecule has 3 fully saturated rings. The third kappa shape index (κ3) is 1.82. The first-order chi connectivity index (χ1) is 10.0. The Balaban J connectivity index is 1.53. The van der Waals surface area contributed by atoms with Gasteiger partial charge in [0.15, 0.2) is 0 Å². The summed E-state index contributed by atoms with van der Waals surface area (Å²) in [7, 11) is 0. The lowest BCUT2D eigenvalue weighted by molar-refractivity contribution is -0.210. The van der Waals surface area contributed by atoms with Gasteiger partial charge >= 0.3 is 6.09 Å². The van der Waals surface area contributed by atoms with Gasteiger partial charge in [0, 0.05) is 31.3 Å². The van der Waals surface area contributed by atoms with Crippen LogP contribution < -0.4 is 5.73 Å². The minimum absolute atomic E-state index is 0.0490. The summed E-state index contributed by atoms with van der Waals surface area (Å²) in [5.41, 5.74) is 8.15. The highest BCUT2D eigenvalue weighted by molar-refractivity contribution is 5.70. The van der Waals surface area contributed by atoms with E-state index in [0.717, 1.165) is 31.2 Å². The van der Waals surface area contributed by atoms with Crippen LogP contribution in [-0.2, 0) is 11.2 Å². The van der Waals surface area contributed by atoms with Crippen LogP contribution >= 0.6 is 0 Å². The van der Waals surface area contributed by atoms with Crippen molar-refractivity contribution in [3.05, 3.63) is 48.0 Å². The predicted molar refractivity (Wildman–Crippen MR) is 79.8 cm³/mol. The lowest BCUT2D eigenvalue weighted by atomic mass is 9.47. The molecule has 0 aromatic heterocycles. The maximum absolute atomic E-state index is 12.5. The number of fused-ring (bicyclic) bond motifs is 1. The van der Waals surface area contributed by atoms with E-state index in [1.807, 2.05) is 18.2 Å². The second-order valence-electron chi connectivity index (χ2n) is 6.77. The van der Waals surface area contributed by atoms with Crippen molar-refractivity contribution in [1.82, 2.24) is 4.90 Å². The first-order valence-corrected chi connectivity index (χ1v) is 7.53. The number of amides is 1. The number of carbonyl (C=O) groups excluding carboxylic acids is 1. The van der Waals surface area contributed by atoms with Crippen LogP contribution in [0.25, 0.3) is 0 Å². The molecule has 2 N–H and O–H groups in total. The van der Waals surface area contributed by atoms with Gasteiger partial charge in [-0.1, -0.05) is 30.3 Å². The molecule has 110 valence electrons. The molecule has 1 aliphatic heterocycles. The number of ether oxygens (including phenoxy) is 1. The van der Waals surface area contributed by atoms with E-state index in [4.69, 9.17) is 10.5 Å². The van der Waals surface area contributed by atoms with Gasteiger partial charge in [0.05, 0.1) is 6.04 Å². The van der Waals surface area contributed by atoms with Gasteiger partial charge in [0.1, 0.15) is 5.60 Å². The second kappa shape index (κ2) is 4.10. The Morgan fingerprint density at radius 1 is 1.38 bits per heavy atom. The molecule has 0 spiro atoms. The molecule has 0 unspecified atom stereocenters. The van der Waals surface area contributed by atoms with Crippen LogP contribution in [0.15, 0.2) is 36.9 Å². The molecule has 1 heterocycles. The van der Waals surface area contributed by atoms with Gasteiger partial charge in [0.25, 0.3) is 0 Å². The predicted octanol–water partition coefficient (Wildman–Crippen LogP) is 2.54. The lowest BCUT2D eigenvalue weighted by Crippen LogP contribution is -2.78. The largest absolute Gasteiger partial charge is 0.443 e. The molecule has 21 heavy (non-hydrogen) atoms. The Bertz CT molecular complexity index is 605. The molecule has 1 atom stereocenters. The van der Waals surface area contributed by atoms with E-state index < -0.39 is 0 Å². The number of benzene rings is 1. The molecule has 1 aromatic carbocycles. The van der Waals surface area contributed by atoms with Gasteiger partial charge < -0.3 is 10.5 Å². The Kier molecular flexibility index (Phi) is 2.52. The smallest absolute Gasteiger partial charge is 0.411 e. The highest BCUT2D eigenvalue weighted by Gasteiger charge is 2.69. The zero-order valence-corrected chi connectivity index (χ0v) is 12.0. The fourth-order valence-electron chi connectivity index (χ4n) is 4.18. The van der Waals surface area contributed by atoms with E-state index in [1.165, 1.54) is 5.56 Å². The summed E-state index contributed by atoms with van der Waals surface area (Å²) in [5, 5.41) is 0. The summed E-state index contributed by atoms with van der Waals surface area (Å²) < 4.78 is 5.75. The number of nitrogens with zero attached hydrogens (tertiary/aromatic N) is 1. The summed E-state index contributed by atoms with van der Waals surface area (Å²) in [4.78, 5) is 14.3. The zero-order chi connectivity index (χ0) is 14.7. The van der Waals surface area contributed by atoms with Crippen molar-refractivity contribution in [2.75, 3.05) is 6.54 Å². The average Bonchev–Trinajstić information content (AvgIpc) is 2.43. The molecular formula is C17H20N2O2. The molecule has 4 heteroatoms. The Labute approximate surface area is 124 Å². The van der Waals surface area contributed by atoms with E-state index >= 15 is 0 Å². The standard InChI is InChI=1S/C17H20N2O2/c1-2-14-13-6-4-3-5-12(13)7-8-19(14)15(20)21-17-9-16(18,10-17)11-17/h2-6,14H,1,7-11,18H2/t14-,16?,17?/m0/s1. The quantitative estimate of drug-likeness (QED) is 0.849. The molecule has 0 saturated heterocycles. The number of hydrogen-bond acceptors (Lipinski definition) is 3. The molecule has 2 bridgehead atoms. The van der Waals surface area contributed by atoms with Crippen molar-refractivity contribution in [1.29, 1.82) is 0 Å². The van der Waals surface area contributed by atoms with E-state index in [0.29, 0.717) is 6.54 Å². The summed E-state index contributed by atoms with van der Waals surface area (Å²) in [5.74, 6) is 0. The third-order valence-electron chi connectivity index (χ3n) is 5.12. The molecule has 3 aliphatic carbocycles. The fraction of sp³-hybridized carbons (Fsp3) is 0.471. The van der Waals surface area contributed by atoms with Crippen molar-refractivity contribution in [2.24, 2.45) is 5.73 Å². The van der Waals surface area contributed by atoms with Crippen LogP contribution in [0.4, 0.5) is 4.79 Å². The lowest BCUT2D eigenvalue weighted by Gasteiger charge is -2.67. The number of hydrogen-bond donors (Lipinski definition) is 1. The fourth-order valence-corrected chi connectivity index (χ4v) is 4.18. The van der Waals surface area contributed by atoms with Crippen LogP contribution in [0.1, 0.15) is 36.4 Å². The normalized spacial score (nSPS) is 36.0. The SMILES string of the molecule is C=C[C@H]1c2ccccc2CCN1C(=O)OC12CC(N)(C1)C2. The monoisotopic (exact) mass is 284 g/mol. The maximum Gasteiger partial charge on any atom is 0.411 e. The Hall–Kier alpha value is -1.81. The van der Waals surface area contributed by atoms with Gasteiger partial charge in [-0.05, 0) is 17.5 Å². The van der Waals surface area contributed by atoms with Crippen molar-refractivity contribution < 1.29 is 9.53 Å². The summed E-state index contributed by atoms with van der Waals surface area (Å²) in [6.45, 7) is 4.57. The summed E-state index contributed by atoms with van der Waals surface area (Å²) in [6.07, 6.45) is 4.91. The number of carbonyl (C=O) groups is 1. The highest BCUT2D eigenvalue weighted by atomic mass is 16.6. The molecule has 0 radical (unpaired) electrons. The first kappa shape index (κ1) is 12.9. The molecule has 3 saturated carbocycles. The molecule has 5 rings (SSSR count). The van der Waals surface area contributed by atoms with Crippen LogP contribution in [-0.4, -0.2) is 28.7 Å². The van der Waals surface area contributed by atoms with Gasteiger partial charge in [0.2, 0.25) is 0 Å². The van der Waals surface area contributed by atoms with E-state index in [1.54, 1.807) is 4.90 Å². The minimum atomic E-state index is -0.269. The Morgan fingerprint density at radius 3 is 2.76 bits per heavy atom. The van der Waals surface area contributed by atoms with Crippen molar-refractivity contribution in [2.45, 2.75) is 42.9 Å². The van der Waals surface area contributed by atoms with Crippen LogP contribution in [0, 0.1) is 0 Å². The van der Waals surface area contributed by atoms with Gasteiger partial charge in [-0.15, -0.1) is 6.58 Å². The van der Waals surface area contributed by atoms with E-state index in [9.17, 15) is 4.79 Å². The van der Waals surface area contributed by atoms with Crippen LogP contribution in [0.2, 0.25) is 0 Å². The van der Waals surface area contributed by atoms with Gasteiger partial charge in [-0.2, -0.15) is 0 Å². The van der Waals surface area contributed by atoms with E-state index in [-0.39, 0.29) is 23.3 Å². The van der Waals surface area contributed by atoms with Crippen molar-refractivity contribution >= 4 is 6.09 Å². The number of rotatable bonds is 2. The molecule has 4 nitrogen and oxygen atoms in total. The topological polar surface area (TPSA) is 55.6 Å². The van der Waals surface area contributed by atoms with Gasteiger partial charge in [-0.25, -0.2) is 4.79 Å². The van der Waals surface area contributed by atoms with Gasteiger partial charge in [-0.3, -0.25) is 4.90 Å². The second-order valence-corrected chi connectivity index (χ2v) is 6.77. The zero-order valence-electron chi connectivity index (χ0n) is 12.0. The van der Waals surface area contributed by atoms with Crippen molar-refractivity contribution in [3.8, 4) is 0 Å². The maximum atomic E-state index is 12.5. The van der Waals surface area contributed by atoms with Crippen molar-refractivity contribution in [3.63, 3.8) is 0 Å². The molecule has 1 aromatic rings. The summed E-state index contributed by atoms with van der Waals surface area (Å²) in [6, 6.07) is 8.13. The third-order valence-corrected chi connectivity index (χ3v) is 5.12. The van der Waals surface area contributed by atoms with Crippen LogP contribution in [0.5, 0.6) is 0 Å². The molecule has 1 amide bonds. The van der Waals surface area contributed by atoms with E-state index in [2.05, 4.69) is 18.7 Å². The van der Waals surface area contributed by atoms with Crippen LogP contribution in [0.3, 0.4) is 0 Å². The molecular weight excluding hydrogens is 264 g/mol. The minimum Gasteiger partial charge on any atom is -0.443 e. The highest BCUT2D eigenvalue weighted by Crippen LogP contribution is 2.61. The Morgan fingerprint density at radius 2 is 2.10 bits per heavy atom. The summed E-state index contributed by atoms with van der Waals surface area (Å²) >= 11 is 0. The molecule has 4 aliphatic rings. The number of nitrogens with two attached hydrogens (primary N) is 1. The first-order valence-electron chi connectivity index (χ1n) is 7.53.